The van der Waals surface area contributed by atoms with Gasteiger partial charge in [-0.15, -0.1) is 0 Å². The van der Waals surface area contributed by atoms with Crippen LogP contribution in [-0.2, 0) is 13.5 Å². The molecule has 0 aliphatic carbocycles. The van der Waals surface area contributed by atoms with Crippen LogP contribution in [0.25, 0.3) is 0 Å². The first-order valence-electron chi connectivity index (χ1n) is 5.23. The van der Waals surface area contributed by atoms with Crippen LogP contribution < -0.4 is 5.73 Å². The van der Waals surface area contributed by atoms with Gasteiger partial charge in [-0.1, -0.05) is 17.7 Å². The first kappa shape index (κ1) is 12.6. The molecule has 1 aromatic heterocycles. The van der Waals surface area contributed by atoms with Crippen LogP contribution in [0.15, 0.2) is 24.4 Å². The average molecular weight is 268 g/mol. The van der Waals surface area contributed by atoms with Gasteiger partial charge in [0, 0.05) is 18.5 Å². The summed E-state index contributed by atoms with van der Waals surface area (Å²) in [6, 6.07) is 4.21. The number of benzene rings is 1. The van der Waals surface area contributed by atoms with Crippen LogP contribution in [0.3, 0.4) is 0 Å². The Bertz CT molecular complexity index is 609. The van der Waals surface area contributed by atoms with E-state index in [2.05, 4.69) is 5.10 Å². The van der Waals surface area contributed by atoms with Crippen LogP contribution in [0.2, 0.25) is 5.02 Å². The van der Waals surface area contributed by atoms with Crippen molar-refractivity contribution >= 4 is 23.2 Å². The van der Waals surface area contributed by atoms with Crippen LogP contribution >= 0.6 is 11.6 Å². The van der Waals surface area contributed by atoms with E-state index in [0.29, 0.717) is 10.6 Å². The monoisotopic (exact) mass is 267 g/mol. The molecule has 0 fully saturated rings. The van der Waals surface area contributed by atoms with Crippen molar-refractivity contribution in [2.75, 3.05) is 5.73 Å². The topological polar surface area (TPSA) is 60.9 Å². The molecule has 94 valence electrons. The molecule has 0 atom stereocenters. The van der Waals surface area contributed by atoms with E-state index < -0.39 is 5.82 Å². The van der Waals surface area contributed by atoms with Gasteiger partial charge in [-0.3, -0.25) is 9.48 Å². The third-order valence-corrected chi connectivity index (χ3v) is 2.89. The van der Waals surface area contributed by atoms with Crippen LogP contribution in [0.1, 0.15) is 15.9 Å². The fourth-order valence-corrected chi connectivity index (χ4v) is 1.75. The number of halogens is 2. The SMILES string of the molecule is Cn1ncc(C(=O)Cc2ccc(Cl)cc2F)c1N. The number of ketones is 1. The molecule has 18 heavy (non-hydrogen) atoms. The van der Waals surface area contributed by atoms with E-state index in [9.17, 15) is 9.18 Å². The first-order valence-corrected chi connectivity index (χ1v) is 5.61. The Balaban J connectivity index is 2.24. The molecule has 6 heteroatoms. The molecule has 2 N–H and O–H groups in total. The number of rotatable bonds is 3. The quantitative estimate of drug-likeness (QED) is 0.868. The van der Waals surface area contributed by atoms with Gasteiger partial charge in [-0.05, 0) is 17.7 Å². The van der Waals surface area contributed by atoms with Crippen molar-refractivity contribution in [2.24, 2.45) is 7.05 Å². The molecule has 1 aromatic carbocycles. The number of carbonyl (C=O) groups is 1. The number of hydrogen-bond donors (Lipinski definition) is 1. The lowest BCUT2D eigenvalue weighted by Crippen LogP contribution is -2.08. The van der Waals surface area contributed by atoms with E-state index in [-0.39, 0.29) is 23.6 Å². The van der Waals surface area contributed by atoms with E-state index in [1.807, 2.05) is 0 Å². The Labute approximate surface area is 108 Å². The van der Waals surface area contributed by atoms with Crippen molar-refractivity contribution in [1.29, 1.82) is 0 Å². The lowest BCUT2D eigenvalue weighted by molar-refractivity contribution is 0.0992. The number of anilines is 1. The van der Waals surface area contributed by atoms with Crippen molar-refractivity contribution in [3.8, 4) is 0 Å². The molecule has 2 rings (SSSR count). The van der Waals surface area contributed by atoms with Crippen molar-refractivity contribution in [1.82, 2.24) is 9.78 Å². The highest BCUT2D eigenvalue weighted by Gasteiger charge is 2.16. The number of aryl methyl sites for hydroxylation is 1. The maximum atomic E-state index is 13.5. The van der Waals surface area contributed by atoms with E-state index in [0.717, 1.165) is 0 Å². The summed E-state index contributed by atoms with van der Waals surface area (Å²) in [5.41, 5.74) is 6.27. The Morgan fingerprint density at radius 2 is 2.28 bits per heavy atom. The number of nitrogen functional groups attached to an aromatic ring is 1. The summed E-state index contributed by atoms with van der Waals surface area (Å²) >= 11 is 5.64. The van der Waals surface area contributed by atoms with E-state index in [1.165, 1.54) is 23.0 Å². The summed E-state index contributed by atoms with van der Waals surface area (Å²) in [4.78, 5) is 12.0. The Morgan fingerprint density at radius 1 is 1.56 bits per heavy atom. The van der Waals surface area contributed by atoms with E-state index in [1.54, 1.807) is 13.1 Å². The summed E-state index contributed by atoms with van der Waals surface area (Å²) in [5, 5.41) is 4.17. The lowest BCUT2D eigenvalue weighted by Gasteiger charge is -2.03. The van der Waals surface area contributed by atoms with Crippen LogP contribution in [0, 0.1) is 5.82 Å². The van der Waals surface area contributed by atoms with Crippen LogP contribution in [0.5, 0.6) is 0 Å². The molecule has 0 saturated carbocycles. The molecular formula is C12H11ClFN3O. The highest BCUT2D eigenvalue weighted by Crippen LogP contribution is 2.18. The minimum atomic E-state index is -0.502. The molecule has 0 amide bonds. The van der Waals surface area contributed by atoms with Gasteiger partial charge in [0.1, 0.15) is 11.6 Å². The zero-order valence-electron chi connectivity index (χ0n) is 9.65. The van der Waals surface area contributed by atoms with Gasteiger partial charge >= 0.3 is 0 Å². The summed E-state index contributed by atoms with van der Waals surface area (Å²) in [6.45, 7) is 0. The van der Waals surface area contributed by atoms with Crippen molar-refractivity contribution < 1.29 is 9.18 Å². The summed E-state index contributed by atoms with van der Waals surface area (Å²) in [6.07, 6.45) is 1.31. The van der Waals surface area contributed by atoms with Gasteiger partial charge in [-0.25, -0.2) is 4.39 Å². The molecular weight excluding hydrogens is 257 g/mol. The maximum absolute atomic E-state index is 13.5. The summed E-state index contributed by atoms with van der Waals surface area (Å²) in [5.74, 6) is -0.505. The normalized spacial score (nSPS) is 10.6. The molecule has 0 radical (unpaired) electrons. The fourth-order valence-electron chi connectivity index (χ4n) is 1.60. The maximum Gasteiger partial charge on any atom is 0.172 e. The van der Waals surface area contributed by atoms with Crippen molar-refractivity contribution in [3.63, 3.8) is 0 Å². The van der Waals surface area contributed by atoms with Gasteiger partial charge in [0.15, 0.2) is 5.78 Å². The molecule has 2 aromatic rings. The first-order chi connectivity index (χ1) is 8.49. The molecule has 0 aliphatic rings. The second-order valence-corrected chi connectivity index (χ2v) is 4.34. The predicted octanol–water partition coefficient (Wildman–Crippen LogP) is 2.22. The highest BCUT2D eigenvalue weighted by atomic mass is 35.5. The third kappa shape index (κ3) is 2.36. The van der Waals surface area contributed by atoms with E-state index in [4.69, 9.17) is 17.3 Å². The molecule has 0 bridgehead atoms. The predicted molar refractivity (Wildman–Crippen MR) is 67.1 cm³/mol. The zero-order chi connectivity index (χ0) is 13.3. The smallest absolute Gasteiger partial charge is 0.172 e. The highest BCUT2D eigenvalue weighted by molar-refractivity contribution is 6.30. The van der Waals surface area contributed by atoms with Crippen LogP contribution in [0.4, 0.5) is 10.2 Å². The molecule has 1 heterocycles. The minimum Gasteiger partial charge on any atom is -0.383 e. The Hall–Kier alpha value is -1.88. The number of Topliss-reactive ketones (excluding diaryl/α,β-unsaturated/α-hetero) is 1. The molecule has 0 unspecified atom stereocenters. The lowest BCUT2D eigenvalue weighted by atomic mass is 10.0. The number of hydrogen-bond acceptors (Lipinski definition) is 3. The number of carbonyl (C=O) groups excluding carboxylic acids is 1. The largest absolute Gasteiger partial charge is 0.383 e. The third-order valence-electron chi connectivity index (χ3n) is 2.65. The van der Waals surface area contributed by atoms with Gasteiger partial charge in [0.25, 0.3) is 0 Å². The van der Waals surface area contributed by atoms with E-state index >= 15 is 0 Å². The molecule has 0 saturated heterocycles. The summed E-state index contributed by atoms with van der Waals surface area (Å²) in [7, 11) is 1.63. The molecule has 4 nitrogen and oxygen atoms in total. The number of nitrogens with two attached hydrogens (primary N) is 1. The second-order valence-electron chi connectivity index (χ2n) is 3.90. The number of aromatic nitrogens is 2. The van der Waals surface area contributed by atoms with Crippen LogP contribution in [-0.4, -0.2) is 15.6 Å². The van der Waals surface area contributed by atoms with Crippen molar-refractivity contribution in [3.05, 3.63) is 46.4 Å². The Kier molecular flexibility index (Phi) is 3.34. The van der Waals surface area contributed by atoms with Crippen molar-refractivity contribution in [2.45, 2.75) is 6.42 Å². The number of nitrogens with zero attached hydrogens (tertiary/aromatic N) is 2. The molecule has 0 spiro atoms. The minimum absolute atomic E-state index is 0.0705. The van der Waals surface area contributed by atoms with Gasteiger partial charge in [0.05, 0.1) is 11.8 Å². The van der Waals surface area contributed by atoms with Gasteiger partial charge in [0.2, 0.25) is 0 Å². The molecule has 0 aliphatic heterocycles. The fraction of sp³-hybridized carbons (Fsp3) is 0.167. The zero-order valence-corrected chi connectivity index (χ0v) is 10.4. The van der Waals surface area contributed by atoms with Gasteiger partial charge in [-0.2, -0.15) is 5.10 Å². The second kappa shape index (κ2) is 4.78. The van der Waals surface area contributed by atoms with Gasteiger partial charge < -0.3 is 5.73 Å². The average Bonchev–Trinajstić information content (AvgIpc) is 2.64. The Morgan fingerprint density at radius 3 is 2.83 bits per heavy atom. The standard InChI is InChI=1S/C12H11ClFN3O/c1-17-12(15)9(6-16-17)11(18)4-7-2-3-8(13)5-10(7)14/h2-3,5-6H,4,15H2,1H3. The summed E-state index contributed by atoms with van der Waals surface area (Å²) < 4.78 is 14.9.